The quantitative estimate of drug-likeness (QED) is 0.691. The van der Waals surface area contributed by atoms with Crippen LogP contribution in [0.1, 0.15) is 11.9 Å². The molecule has 0 saturated carbocycles. The third-order valence-electron chi connectivity index (χ3n) is 1.91. The molecule has 4 heteroatoms. The van der Waals surface area contributed by atoms with Crippen LogP contribution < -0.4 is 9.47 Å². The van der Waals surface area contributed by atoms with E-state index in [4.69, 9.17) is 9.47 Å². The average Bonchev–Trinajstić information content (AvgIpc) is 2.27. The fraction of sp³-hybridized carbons (Fsp3) is 0.400. The van der Waals surface area contributed by atoms with Crippen LogP contribution in [0.15, 0.2) is 18.2 Å². The van der Waals surface area contributed by atoms with Crippen LogP contribution in [-0.4, -0.2) is 21.3 Å². The standard InChI is InChI=1S/C10H13O4/c1-12-7-4-5-8(10(11)14-3)9(6-7)13-2/h4-6,10H,1-3H3. The molecule has 1 radical (unpaired) electrons. The lowest BCUT2D eigenvalue weighted by atomic mass is 10.2. The van der Waals surface area contributed by atoms with Crippen LogP contribution >= 0.6 is 0 Å². The van der Waals surface area contributed by atoms with Gasteiger partial charge in [0, 0.05) is 13.2 Å². The summed E-state index contributed by atoms with van der Waals surface area (Å²) in [5.41, 5.74) is 0.468. The SMILES string of the molecule is COc1ccc(C([O])OC)c(OC)c1. The largest absolute Gasteiger partial charge is 0.497 e. The van der Waals surface area contributed by atoms with Crippen LogP contribution in [0.25, 0.3) is 0 Å². The van der Waals surface area contributed by atoms with Gasteiger partial charge in [0.05, 0.1) is 19.8 Å². The minimum atomic E-state index is -1.23. The minimum absolute atomic E-state index is 0.468. The Balaban J connectivity index is 3.04. The lowest BCUT2D eigenvalue weighted by Gasteiger charge is -2.12. The third-order valence-corrected chi connectivity index (χ3v) is 1.91. The third kappa shape index (κ3) is 2.16. The highest BCUT2D eigenvalue weighted by Gasteiger charge is 2.14. The molecule has 0 aromatic heterocycles. The van der Waals surface area contributed by atoms with Crippen molar-refractivity contribution in [2.45, 2.75) is 6.29 Å². The van der Waals surface area contributed by atoms with Gasteiger partial charge in [0.2, 0.25) is 6.29 Å². The maximum Gasteiger partial charge on any atom is 0.220 e. The number of benzene rings is 1. The van der Waals surface area contributed by atoms with Crippen LogP contribution in [0.3, 0.4) is 0 Å². The molecule has 0 saturated heterocycles. The Morgan fingerprint density at radius 2 is 1.86 bits per heavy atom. The number of methoxy groups -OCH3 is 3. The zero-order chi connectivity index (χ0) is 10.6. The second-order valence-electron chi connectivity index (χ2n) is 2.68. The Morgan fingerprint density at radius 1 is 1.14 bits per heavy atom. The fourth-order valence-electron chi connectivity index (χ4n) is 1.14. The van der Waals surface area contributed by atoms with Gasteiger partial charge in [0.1, 0.15) is 11.5 Å². The van der Waals surface area contributed by atoms with Crippen LogP contribution in [0.4, 0.5) is 0 Å². The summed E-state index contributed by atoms with van der Waals surface area (Å²) in [6.07, 6.45) is -1.23. The fourth-order valence-corrected chi connectivity index (χ4v) is 1.14. The van der Waals surface area contributed by atoms with E-state index in [2.05, 4.69) is 4.74 Å². The molecule has 1 unspecified atom stereocenters. The minimum Gasteiger partial charge on any atom is -0.497 e. The summed E-state index contributed by atoms with van der Waals surface area (Å²) >= 11 is 0. The Bertz CT molecular complexity index is 298. The zero-order valence-electron chi connectivity index (χ0n) is 8.44. The molecule has 0 N–H and O–H groups in total. The molecule has 0 aliphatic rings. The van der Waals surface area contributed by atoms with E-state index in [0.29, 0.717) is 17.1 Å². The molecular formula is C10H13O4. The first-order valence-electron chi connectivity index (χ1n) is 4.13. The molecule has 0 aliphatic heterocycles. The van der Waals surface area contributed by atoms with E-state index < -0.39 is 6.29 Å². The maximum atomic E-state index is 11.3. The Morgan fingerprint density at radius 3 is 2.36 bits per heavy atom. The van der Waals surface area contributed by atoms with Gasteiger partial charge in [-0.25, -0.2) is 0 Å². The molecule has 1 aromatic carbocycles. The van der Waals surface area contributed by atoms with E-state index in [1.807, 2.05) is 0 Å². The number of rotatable bonds is 4. The monoisotopic (exact) mass is 197 g/mol. The van der Waals surface area contributed by atoms with Gasteiger partial charge in [0.25, 0.3) is 0 Å². The Hall–Kier alpha value is -1.26. The molecule has 0 aliphatic carbocycles. The molecule has 77 valence electrons. The van der Waals surface area contributed by atoms with Gasteiger partial charge in [-0.3, -0.25) is 0 Å². The first-order valence-corrected chi connectivity index (χ1v) is 4.13. The average molecular weight is 197 g/mol. The zero-order valence-corrected chi connectivity index (χ0v) is 8.44. The van der Waals surface area contributed by atoms with Crippen molar-refractivity contribution in [3.63, 3.8) is 0 Å². The Labute approximate surface area is 83.0 Å². The van der Waals surface area contributed by atoms with Gasteiger partial charge >= 0.3 is 0 Å². The van der Waals surface area contributed by atoms with Crippen molar-refractivity contribution in [3.8, 4) is 11.5 Å². The maximum absolute atomic E-state index is 11.3. The van der Waals surface area contributed by atoms with E-state index in [0.717, 1.165) is 0 Å². The van der Waals surface area contributed by atoms with Crippen molar-refractivity contribution in [1.29, 1.82) is 0 Å². The summed E-state index contributed by atoms with van der Waals surface area (Å²) in [6, 6.07) is 4.99. The van der Waals surface area contributed by atoms with Crippen molar-refractivity contribution in [3.05, 3.63) is 23.8 Å². The number of hydrogen-bond donors (Lipinski definition) is 0. The lowest BCUT2D eigenvalue weighted by Crippen LogP contribution is -2.01. The second kappa shape index (κ2) is 4.83. The lowest BCUT2D eigenvalue weighted by molar-refractivity contribution is -0.124. The molecule has 0 heterocycles. The van der Waals surface area contributed by atoms with Crippen molar-refractivity contribution >= 4 is 0 Å². The second-order valence-corrected chi connectivity index (χ2v) is 2.68. The molecule has 1 aromatic rings. The summed E-state index contributed by atoms with van der Waals surface area (Å²) in [6.45, 7) is 0. The number of hydrogen-bond acceptors (Lipinski definition) is 3. The molecule has 1 atom stereocenters. The summed E-state index contributed by atoms with van der Waals surface area (Å²) in [7, 11) is 4.42. The highest BCUT2D eigenvalue weighted by Crippen LogP contribution is 2.29. The smallest absolute Gasteiger partial charge is 0.220 e. The summed E-state index contributed by atoms with van der Waals surface area (Å²) in [5.74, 6) is 1.13. The van der Waals surface area contributed by atoms with E-state index >= 15 is 0 Å². The van der Waals surface area contributed by atoms with E-state index in [-0.39, 0.29) is 0 Å². The molecule has 14 heavy (non-hydrogen) atoms. The highest BCUT2D eigenvalue weighted by molar-refractivity contribution is 5.41. The molecule has 0 spiro atoms. The predicted molar refractivity (Wildman–Crippen MR) is 50.0 cm³/mol. The number of ether oxygens (including phenoxy) is 3. The Kier molecular flexibility index (Phi) is 3.73. The van der Waals surface area contributed by atoms with Gasteiger partial charge in [-0.2, -0.15) is 5.11 Å². The first-order chi connectivity index (χ1) is 6.72. The van der Waals surface area contributed by atoms with Crippen molar-refractivity contribution in [2.24, 2.45) is 0 Å². The molecular weight excluding hydrogens is 184 g/mol. The van der Waals surface area contributed by atoms with Gasteiger partial charge in [0.15, 0.2) is 0 Å². The van der Waals surface area contributed by atoms with Crippen molar-refractivity contribution in [2.75, 3.05) is 21.3 Å². The summed E-state index contributed by atoms with van der Waals surface area (Å²) in [4.78, 5) is 0. The van der Waals surface area contributed by atoms with Crippen LogP contribution in [0.5, 0.6) is 11.5 Å². The topological polar surface area (TPSA) is 47.6 Å². The first kappa shape index (κ1) is 10.8. The van der Waals surface area contributed by atoms with Crippen molar-refractivity contribution in [1.82, 2.24) is 0 Å². The van der Waals surface area contributed by atoms with Gasteiger partial charge in [-0.05, 0) is 12.1 Å². The molecule has 4 nitrogen and oxygen atoms in total. The molecule has 1 rings (SSSR count). The molecule has 0 fully saturated rings. The van der Waals surface area contributed by atoms with Crippen LogP contribution in [0, 0.1) is 0 Å². The van der Waals surface area contributed by atoms with E-state index in [1.165, 1.54) is 14.2 Å². The van der Waals surface area contributed by atoms with Gasteiger partial charge < -0.3 is 14.2 Å². The summed E-state index contributed by atoms with van der Waals surface area (Å²) in [5, 5.41) is 11.3. The van der Waals surface area contributed by atoms with E-state index in [1.54, 1.807) is 25.3 Å². The van der Waals surface area contributed by atoms with E-state index in [9.17, 15) is 5.11 Å². The van der Waals surface area contributed by atoms with Gasteiger partial charge in [-0.15, -0.1) is 0 Å². The highest BCUT2D eigenvalue weighted by atomic mass is 16.6. The van der Waals surface area contributed by atoms with Gasteiger partial charge in [-0.1, -0.05) is 0 Å². The predicted octanol–water partition coefficient (Wildman–Crippen LogP) is 1.78. The molecule has 0 bridgehead atoms. The van der Waals surface area contributed by atoms with Crippen LogP contribution in [-0.2, 0) is 9.84 Å². The summed E-state index contributed by atoms with van der Waals surface area (Å²) < 4.78 is 14.7. The van der Waals surface area contributed by atoms with Crippen molar-refractivity contribution < 1.29 is 19.3 Å². The molecule has 0 amide bonds. The normalized spacial score (nSPS) is 12.3. The van der Waals surface area contributed by atoms with Crippen LogP contribution in [0.2, 0.25) is 0 Å².